The van der Waals surface area contributed by atoms with Crippen LogP contribution in [-0.2, 0) is 0 Å². The van der Waals surface area contributed by atoms with Crippen LogP contribution in [0.3, 0.4) is 0 Å². The van der Waals surface area contributed by atoms with Crippen LogP contribution >= 0.6 is 0 Å². The van der Waals surface area contributed by atoms with Crippen LogP contribution in [-0.4, -0.2) is 23.6 Å². The molecule has 2 aliphatic rings. The van der Waals surface area contributed by atoms with E-state index in [4.69, 9.17) is 0 Å². The number of hydrogen-bond donors (Lipinski definition) is 1. The molecule has 15 heavy (non-hydrogen) atoms. The molecule has 0 aromatic heterocycles. The summed E-state index contributed by atoms with van der Waals surface area (Å²) in [5.74, 6) is 0. The lowest BCUT2D eigenvalue weighted by Crippen LogP contribution is -2.70. The maximum atomic E-state index is 3.80. The Morgan fingerprint density at radius 1 is 1.20 bits per heavy atom. The van der Waals surface area contributed by atoms with Gasteiger partial charge < -0.3 is 0 Å². The molecule has 0 radical (unpaired) electrons. The van der Waals surface area contributed by atoms with Gasteiger partial charge in [-0.15, -0.1) is 0 Å². The van der Waals surface area contributed by atoms with Crippen molar-refractivity contribution in [3.05, 3.63) is 0 Å². The monoisotopic (exact) mass is 210 g/mol. The highest BCUT2D eigenvalue weighted by Crippen LogP contribution is 2.47. The van der Waals surface area contributed by atoms with Crippen molar-refractivity contribution in [2.24, 2.45) is 10.8 Å². The largest absolute Gasteiger partial charge is 0.248 e. The first-order chi connectivity index (χ1) is 6.74. The van der Waals surface area contributed by atoms with Gasteiger partial charge in [-0.25, -0.2) is 10.4 Å². The van der Waals surface area contributed by atoms with Crippen molar-refractivity contribution in [2.45, 2.75) is 59.4 Å². The van der Waals surface area contributed by atoms with Gasteiger partial charge >= 0.3 is 0 Å². The quantitative estimate of drug-likeness (QED) is 0.661. The lowest BCUT2D eigenvalue weighted by Gasteiger charge is -2.59. The third kappa shape index (κ3) is 1.94. The molecule has 2 aliphatic heterocycles. The predicted octanol–water partition coefficient (Wildman–Crippen LogP) is 2.80. The Morgan fingerprint density at radius 2 is 1.87 bits per heavy atom. The molecule has 2 rings (SSSR count). The fourth-order valence-electron chi connectivity index (χ4n) is 3.43. The highest BCUT2D eigenvalue weighted by atomic mass is 15.6. The summed E-state index contributed by atoms with van der Waals surface area (Å²) in [6, 6.07) is 0. The van der Waals surface area contributed by atoms with Crippen LogP contribution in [0.2, 0.25) is 0 Å². The highest BCUT2D eigenvalue weighted by molar-refractivity contribution is 5.05. The molecule has 2 atom stereocenters. The number of nitrogens with zero attached hydrogens (tertiary/aromatic N) is 1. The Hall–Kier alpha value is -0.0800. The molecule has 0 aromatic rings. The van der Waals surface area contributed by atoms with Crippen molar-refractivity contribution in [3.63, 3.8) is 0 Å². The molecule has 1 N–H and O–H groups in total. The molecule has 0 aliphatic carbocycles. The van der Waals surface area contributed by atoms with Crippen LogP contribution in [0.1, 0.15) is 53.9 Å². The summed E-state index contributed by atoms with van der Waals surface area (Å²) in [5.41, 5.74) is 4.93. The van der Waals surface area contributed by atoms with Crippen molar-refractivity contribution < 1.29 is 0 Å². The molecular formula is C13H26N2. The number of nitrogens with one attached hydrogen (secondary N) is 1. The first-order valence-electron chi connectivity index (χ1n) is 6.27. The lowest BCUT2D eigenvalue weighted by atomic mass is 9.62. The van der Waals surface area contributed by atoms with Gasteiger partial charge in [0, 0.05) is 18.6 Å². The van der Waals surface area contributed by atoms with Crippen LogP contribution in [0.4, 0.5) is 0 Å². The van der Waals surface area contributed by atoms with E-state index in [0.29, 0.717) is 16.4 Å². The third-order valence-corrected chi connectivity index (χ3v) is 4.24. The van der Waals surface area contributed by atoms with E-state index < -0.39 is 0 Å². The van der Waals surface area contributed by atoms with Crippen LogP contribution in [0.15, 0.2) is 0 Å². The van der Waals surface area contributed by atoms with Gasteiger partial charge in [0.2, 0.25) is 0 Å². The van der Waals surface area contributed by atoms with E-state index in [0.717, 1.165) is 0 Å². The minimum atomic E-state index is 0.326. The van der Waals surface area contributed by atoms with Crippen LogP contribution < -0.4 is 5.43 Å². The van der Waals surface area contributed by atoms with Crippen molar-refractivity contribution in [1.29, 1.82) is 0 Å². The van der Waals surface area contributed by atoms with Gasteiger partial charge in [0.15, 0.2) is 0 Å². The van der Waals surface area contributed by atoms with Gasteiger partial charge in [-0.1, -0.05) is 34.6 Å². The average Bonchev–Trinajstić information content (AvgIpc) is 1.98. The molecule has 2 heteroatoms. The Morgan fingerprint density at radius 3 is 2.47 bits per heavy atom. The molecule has 2 saturated heterocycles. The zero-order valence-electron chi connectivity index (χ0n) is 11.0. The van der Waals surface area contributed by atoms with Gasteiger partial charge in [0.1, 0.15) is 0 Å². The van der Waals surface area contributed by atoms with Crippen LogP contribution in [0.25, 0.3) is 0 Å². The molecule has 2 nitrogen and oxygen atoms in total. The smallest absolute Gasteiger partial charge is 0.0380 e. The first kappa shape index (κ1) is 11.4. The Labute approximate surface area is 94.4 Å². The summed E-state index contributed by atoms with van der Waals surface area (Å²) in [6.45, 7) is 14.4. The summed E-state index contributed by atoms with van der Waals surface area (Å²) in [4.78, 5) is 0. The maximum absolute atomic E-state index is 3.80. The molecule has 2 bridgehead atoms. The Balaban J connectivity index is 2.29. The predicted molar refractivity (Wildman–Crippen MR) is 64.5 cm³/mol. The molecule has 2 unspecified atom stereocenters. The van der Waals surface area contributed by atoms with Gasteiger partial charge in [0.25, 0.3) is 0 Å². The number of hydrogen-bond acceptors (Lipinski definition) is 2. The zero-order chi connectivity index (χ0) is 11.3. The summed E-state index contributed by atoms with van der Waals surface area (Å²) in [7, 11) is 0. The third-order valence-electron chi connectivity index (χ3n) is 4.24. The second kappa shape index (κ2) is 3.21. The van der Waals surface area contributed by atoms with Gasteiger partial charge in [-0.2, -0.15) is 0 Å². The van der Waals surface area contributed by atoms with E-state index in [1.807, 2.05) is 0 Å². The van der Waals surface area contributed by atoms with E-state index >= 15 is 0 Å². The van der Waals surface area contributed by atoms with Crippen LogP contribution in [0.5, 0.6) is 0 Å². The van der Waals surface area contributed by atoms with Crippen molar-refractivity contribution in [2.75, 3.05) is 13.1 Å². The second-order valence-electron chi connectivity index (χ2n) is 7.31. The lowest BCUT2D eigenvalue weighted by molar-refractivity contribution is -0.0981. The Bertz CT molecular complexity index is 252. The normalized spacial score (nSPS) is 40.2. The number of hydrazine groups is 1. The summed E-state index contributed by atoms with van der Waals surface area (Å²) < 4.78 is 0. The summed E-state index contributed by atoms with van der Waals surface area (Å²) >= 11 is 0. The fraction of sp³-hybridized carbons (Fsp3) is 1.00. The van der Waals surface area contributed by atoms with Crippen molar-refractivity contribution >= 4 is 0 Å². The number of rotatable bonds is 0. The second-order valence-corrected chi connectivity index (χ2v) is 7.31. The minimum Gasteiger partial charge on any atom is -0.248 e. The van der Waals surface area contributed by atoms with Gasteiger partial charge in [-0.3, -0.25) is 0 Å². The van der Waals surface area contributed by atoms with Crippen LogP contribution in [0, 0.1) is 10.8 Å². The first-order valence-corrected chi connectivity index (χ1v) is 6.27. The molecular weight excluding hydrogens is 184 g/mol. The molecule has 88 valence electrons. The molecule has 2 fully saturated rings. The van der Waals surface area contributed by atoms with E-state index in [-0.39, 0.29) is 0 Å². The zero-order valence-corrected chi connectivity index (χ0v) is 11.0. The van der Waals surface area contributed by atoms with Crippen molar-refractivity contribution in [3.8, 4) is 0 Å². The molecule has 2 heterocycles. The molecule has 0 aromatic carbocycles. The van der Waals surface area contributed by atoms with E-state index in [9.17, 15) is 0 Å². The van der Waals surface area contributed by atoms with E-state index in [2.05, 4.69) is 45.1 Å². The molecule has 0 saturated carbocycles. The minimum absolute atomic E-state index is 0.326. The van der Waals surface area contributed by atoms with Gasteiger partial charge in [-0.05, 0) is 30.1 Å². The summed E-state index contributed by atoms with van der Waals surface area (Å²) in [5, 5.41) is 2.46. The fourth-order valence-corrected chi connectivity index (χ4v) is 3.43. The molecule has 0 amide bonds. The molecule has 0 spiro atoms. The standard InChI is InChI=1S/C13H26N2/c1-11(2,3)13-7-6-8-15(14-13)10-12(4,5)9-13/h14H,6-10H2,1-5H3. The van der Waals surface area contributed by atoms with Gasteiger partial charge in [0.05, 0.1) is 0 Å². The maximum Gasteiger partial charge on any atom is 0.0380 e. The Kier molecular flexibility index (Phi) is 2.44. The van der Waals surface area contributed by atoms with Crippen molar-refractivity contribution in [1.82, 2.24) is 10.4 Å². The van der Waals surface area contributed by atoms with E-state index in [1.54, 1.807) is 0 Å². The van der Waals surface area contributed by atoms with E-state index in [1.165, 1.54) is 32.4 Å². The average molecular weight is 210 g/mol. The SMILES string of the molecule is CC1(C)CN2CCCC(C(C)(C)C)(C1)N2. The highest BCUT2D eigenvalue weighted by Gasteiger charge is 2.51. The number of fused-ring (bicyclic) bond motifs is 2. The topological polar surface area (TPSA) is 15.3 Å². The summed E-state index contributed by atoms with van der Waals surface area (Å²) in [6.07, 6.45) is 3.98.